The predicted molar refractivity (Wildman–Crippen MR) is 112 cm³/mol. The van der Waals surface area contributed by atoms with Gasteiger partial charge < -0.3 is 0 Å². The highest BCUT2D eigenvalue weighted by molar-refractivity contribution is 7.91. The summed E-state index contributed by atoms with van der Waals surface area (Å²) in [6.07, 6.45) is 3.99. The summed E-state index contributed by atoms with van der Waals surface area (Å²) in [5, 5.41) is 8.84. The molecule has 0 amide bonds. The summed E-state index contributed by atoms with van der Waals surface area (Å²) in [7, 11) is -6.58. The first-order valence-electron chi connectivity index (χ1n) is 10.2. The summed E-state index contributed by atoms with van der Waals surface area (Å²) in [6.45, 7) is 3.69. The van der Waals surface area contributed by atoms with E-state index in [0.717, 1.165) is 19.3 Å². The van der Waals surface area contributed by atoms with Crippen molar-refractivity contribution < 1.29 is 16.8 Å². The fourth-order valence-corrected chi connectivity index (χ4v) is 7.30. The molecule has 1 aromatic rings. The Morgan fingerprint density at radius 1 is 1.00 bits per heavy atom. The summed E-state index contributed by atoms with van der Waals surface area (Å²) >= 11 is 0. The Kier molecular flexibility index (Phi) is 6.99. The number of piperazine rings is 1. The van der Waals surface area contributed by atoms with E-state index >= 15 is 0 Å². The standard InChI is InChI=1S/C20H29N3O4S2/c1-2-3-13-29(26,27)22-15-18-7-8-19(16-22)23(18)11-4-12-28(24,25)20-9-5-17(14-21)6-10-20/h5-6,9-10,18-19H,2-4,7-8,11-13,15-16H2,1H3. The molecule has 0 spiro atoms. The van der Waals surface area contributed by atoms with Gasteiger partial charge in [0.15, 0.2) is 9.84 Å². The Labute approximate surface area is 174 Å². The zero-order valence-corrected chi connectivity index (χ0v) is 18.5. The molecule has 9 heteroatoms. The van der Waals surface area contributed by atoms with Crippen LogP contribution in [0.1, 0.15) is 44.6 Å². The molecule has 3 rings (SSSR count). The molecular weight excluding hydrogens is 410 g/mol. The number of sulfone groups is 1. The SMILES string of the molecule is CCCCS(=O)(=O)N1CC2CCC(C1)N2CCCS(=O)(=O)c1ccc(C#N)cc1. The third-order valence-electron chi connectivity index (χ3n) is 5.92. The zero-order valence-electron chi connectivity index (χ0n) is 16.8. The van der Waals surface area contributed by atoms with Gasteiger partial charge in [-0.15, -0.1) is 0 Å². The number of nitriles is 1. The van der Waals surface area contributed by atoms with Crippen LogP contribution in [0.2, 0.25) is 0 Å². The smallest absolute Gasteiger partial charge is 0.214 e. The van der Waals surface area contributed by atoms with Crippen LogP contribution in [-0.4, -0.2) is 69.3 Å². The van der Waals surface area contributed by atoms with Crippen LogP contribution in [0.4, 0.5) is 0 Å². The number of hydrogen-bond donors (Lipinski definition) is 0. The van der Waals surface area contributed by atoms with Gasteiger partial charge in [0.05, 0.1) is 28.0 Å². The highest BCUT2D eigenvalue weighted by Crippen LogP contribution is 2.32. The monoisotopic (exact) mass is 439 g/mol. The summed E-state index contributed by atoms with van der Waals surface area (Å²) < 4.78 is 51.8. The average Bonchev–Trinajstić information content (AvgIpc) is 2.93. The second-order valence-electron chi connectivity index (χ2n) is 7.92. The molecule has 29 heavy (non-hydrogen) atoms. The topological polar surface area (TPSA) is 98.6 Å². The Bertz CT molecular complexity index is 938. The van der Waals surface area contributed by atoms with Crippen molar-refractivity contribution >= 4 is 19.9 Å². The first-order valence-corrected chi connectivity index (χ1v) is 13.5. The molecule has 2 atom stereocenters. The van der Waals surface area contributed by atoms with Gasteiger partial charge in [0.1, 0.15) is 0 Å². The van der Waals surface area contributed by atoms with E-state index in [1.54, 1.807) is 4.31 Å². The molecule has 0 aromatic heterocycles. The van der Waals surface area contributed by atoms with E-state index in [4.69, 9.17) is 5.26 Å². The molecular formula is C20H29N3O4S2. The molecule has 0 saturated carbocycles. The van der Waals surface area contributed by atoms with Crippen LogP contribution >= 0.6 is 0 Å². The van der Waals surface area contributed by atoms with Gasteiger partial charge in [-0.05, 0) is 56.5 Å². The van der Waals surface area contributed by atoms with E-state index in [1.807, 2.05) is 13.0 Å². The molecule has 7 nitrogen and oxygen atoms in total. The van der Waals surface area contributed by atoms with Crippen LogP contribution in [-0.2, 0) is 19.9 Å². The lowest BCUT2D eigenvalue weighted by Gasteiger charge is -2.40. The number of nitrogens with zero attached hydrogens (tertiary/aromatic N) is 3. The van der Waals surface area contributed by atoms with E-state index in [-0.39, 0.29) is 28.5 Å². The van der Waals surface area contributed by atoms with E-state index in [2.05, 4.69) is 4.90 Å². The molecule has 160 valence electrons. The van der Waals surface area contributed by atoms with Crippen LogP contribution in [0.15, 0.2) is 29.2 Å². The maximum Gasteiger partial charge on any atom is 0.214 e. The van der Waals surface area contributed by atoms with Gasteiger partial charge in [0, 0.05) is 25.2 Å². The van der Waals surface area contributed by atoms with Gasteiger partial charge in [-0.1, -0.05) is 13.3 Å². The highest BCUT2D eigenvalue weighted by atomic mass is 32.2. The number of hydrogen-bond acceptors (Lipinski definition) is 6. The molecule has 0 radical (unpaired) electrons. The Morgan fingerprint density at radius 3 is 2.17 bits per heavy atom. The van der Waals surface area contributed by atoms with Crippen molar-refractivity contribution in [2.75, 3.05) is 31.1 Å². The lowest BCUT2D eigenvalue weighted by atomic mass is 10.2. The summed E-state index contributed by atoms with van der Waals surface area (Å²) in [5.41, 5.74) is 0.437. The summed E-state index contributed by atoms with van der Waals surface area (Å²) in [5.74, 6) is 0.263. The van der Waals surface area contributed by atoms with Gasteiger partial charge >= 0.3 is 0 Å². The summed E-state index contributed by atoms with van der Waals surface area (Å²) in [4.78, 5) is 2.55. The lowest BCUT2D eigenvalue weighted by molar-refractivity contribution is 0.110. The molecule has 2 aliphatic heterocycles. The van der Waals surface area contributed by atoms with Crippen molar-refractivity contribution in [3.63, 3.8) is 0 Å². The highest BCUT2D eigenvalue weighted by Gasteiger charge is 2.42. The van der Waals surface area contributed by atoms with Crippen LogP contribution in [0.5, 0.6) is 0 Å². The molecule has 2 unspecified atom stereocenters. The van der Waals surface area contributed by atoms with Gasteiger partial charge in [0.2, 0.25) is 10.0 Å². The van der Waals surface area contributed by atoms with Crippen LogP contribution in [0.3, 0.4) is 0 Å². The lowest BCUT2D eigenvalue weighted by Crippen LogP contribution is -2.55. The molecule has 0 aliphatic carbocycles. The molecule has 2 heterocycles. The van der Waals surface area contributed by atoms with E-state index < -0.39 is 19.9 Å². The number of benzene rings is 1. The van der Waals surface area contributed by atoms with Crippen molar-refractivity contribution in [1.82, 2.24) is 9.21 Å². The van der Waals surface area contributed by atoms with E-state index in [1.165, 1.54) is 24.3 Å². The second-order valence-corrected chi connectivity index (χ2v) is 12.1. The maximum atomic E-state index is 12.5. The Hall–Kier alpha value is -1.47. The van der Waals surface area contributed by atoms with Crippen molar-refractivity contribution in [3.8, 4) is 6.07 Å². The quantitative estimate of drug-likeness (QED) is 0.584. The summed E-state index contributed by atoms with van der Waals surface area (Å²) in [6, 6.07) is 8.36. The predicted octanol–water partition coefficient (Wildman–Crippen LogP) is 2.00. The third-order valence-corrected chi connectivity index (χ3v) is 9.63. The minimum atomic E-state index is -3.39. The first kappa shape index (κ1) is 22.2. The largest absolute Gasteiger partial charge is 0.295 e. The number of rotatable bonds is 9. The Balaban J connectivity index is 1.55. The third kappa shape index (κ3) is 5.18. The average molecular weight is 440 g/mol. The van der Waals surface area contributed by atoms with Crippen molar-refractivity contribution in [3.05, 3.63) is 29.8 Å². The normalized spacial score (nSPS) is 23.2. The van der Waals surface area contributed by atoms with Crippen molar-refractivity contribution in [2.24, 2.45) is 0 Å². The number of fused-ring (bicyclic) bond motifs is 2. The Morgan fingerprint density at radius 2 is 1.62 bits per heavy atom. The van der Waals surface area contributed by atoms with Gasteiger partial charge in [0.25, 0.3) is 0 Å². The van der Waals surface area contributed by atoms with Gasteiger partial charge in [-0.2, -0.15) is 9.57 Å². The molecule has 2 fully saturated rings. The minimum absolute atomic E-state index is 0.0490. The minimum Gasteiger partial charge on any atom is -0.295 e. The van der Waals surface area contributed by atoms with Crippen LogP contribution in [0, 0.1) is 11.3 Å². The maximum absolute atomic E-state index is 12.5. The second kappa shape index (κ2) is 9.13. The molecule has 2 saturated heterocycles. The van der Waals surface area contributed by atoms with Gasteiger partial charge in [-0.3, -0.25) is 4.90 Å². The van der Waals surface area contributed by atoms with Crippen molar-refractivity contribution in [2.45, 2.75) is 56.0 Å². The number of unbranched alkanes of at least 4 members (excludes halogenated alkanes) is 1. The van der Waals surface area contributed by atoms with Crippen LogP contribution < -0.4 is 0 Å². The van der Waals surface area contributed by atoms with Crippen LogP contribution in [0.25, 0.3) is 0 Å². The van der Waals surface area contributed by atoms with Gasteiger partial charge in [-0.25, -0.2) is 16.8 Å². The first-order chi connectivity index (χ1) is 13.8. The van der Waals surface area contributed by atoms with E-state index in [0.29, 0.717) is 38.0 Å². The number of sulfonamides is 1. The fourth-order valence-electron chi connectivity index (χ4n) is 4.29. The molecule has 2 bridgehead atoms. The molecule has 2 aliphatic rings. The zero-order chi connectivity index (χ0) is 21.1. The molecule has 0 N–H and O–H groups in total. The molecule has 1 aromatic carbocycles. The van der Waals surface area contributed by atoms with E-state index in [9.17, 15) is 16.8 Å². The fraction of sp³-hybridized carbons (Fsp3) is 0.650. The van der Waals surface area contributed by atoms with Crippen molar-refractivity contribution in [1.29, 1.82) is 5.26 Å².